The first-order valence-electron chi connectivity index (χ1n) is 6.78. The van der Waals surface area contributed by atoms with Crippen molar-refractivity contribution in [1.82, 2.24) is 5.32 Å². The minimum Gasteiger partial charge on any atom is -0.463 e. The average Bonchev–Trinajstić information content (AvgIpc) is 2.29. The number of nitrogens with one attached hydrogen (secondary N) is 1. The molecule has 0 radical (unpaired) electrons. The van der Waals surface area contributed by atoms with Gasteiger partial charge in [-0.3, -0.25) is 0 Å². The number of carbonyl (C=O) groups excluding carboxylic acids is 2. The van der Waals surface area contributed by atoms with Gasteiger partial charge in [-0.15, -0.1) is 0 Å². The van der Waals surface area contributed by atoms with E-state index in [-0.39, 0.29) is 18.6 Å². The zero-order chi connectivity index (χ0) is 16.3. The molecule has 0 heterocycles. The molecule has 1 N–H and O–H groups in total. The van der Waals surface area contributed by atoms with E-state index in [1.165, 1.54) is 0 Å². The second-order valence-electron chi connectivity index (χ2n) is 5.82. The summed E-state index contributed by atoms with van der Waals surface area (Å²) in [4.78, 5) is 23.2. The van der Waals surface area contributed by atoms with Crippen LogP contribution in [-0.2, 0) is 14.3 Å². The maximum absolute atomic E-state index is 13.8. The molecule has 0 fully saturated rings. The number of hydrogen-bond donors (Lipinski definition) is 1. The normalized spacial score (nSPS) is 21.2. The van der Waals surface area contributed by atoms with Crippen molar-refractivity contribution < 1.29 is 27.8 Å². The summed E-state index contributed by atoms with van der Waals surface area (Å²) >= 11 is 0. The smallest absolute Gasteiger partial charge is 0.408 e. The molecule has 1 rings (SSSR count). The molecule has 0 spiro atoms. The molecule has 1 aliphatic carbocycles. The quantitative estimate of drug-likeness (QED) is 0.814. The van der Waals surface area contributed by atoms with Gasteiger partial charge in [-0.1, -0.05) is 6.08 Å². The van der Waals surface area contributed by atoms with Gasteiger partial charge >= 0.3 is 12.1 Å². The third kappa shape index (κ3) is 5.32. The van der Waals surface area contributed by atoms with Crippen LogP contribution in [0.25, 0.3) is 0 Å². The van der Waals surface area contributed by atoms with Crippen molar-refractivity contribution in [3.05, 3.63) is 11.6 Å². The lowest BCUT2D eigenvalue weighted by Crippen LogP contribution is -2.51. The van der Waals surface area contributed by atoms with Gasteiger partial charge in [0.15, 0.2) is 0 Å². The second-order valence-corrected chi connectivity index (χ2v) is 5.82. The summed E-state index contributed by atoms with van der Waals surface area (Å²) in [5.74, 6) is -3.77. The molecule has 0 bridgehead atoms. The van der Waals surface area contributed by atoms with E-state index < -0.39 is 36.0 Å². The molecule has 7 heteroatoms. The maximum atomic E-state index is 13.8. The number of ether oxygens (including phenoxy) is 2. The summed E-state index contributed by atoms with van der Waals surface area (Å²) < 4.78 is 37.4. The fourth-order valence-electron chi connectivity index (χ4n) is 1.85. The van der Waals surface area contributed by atoms with Crippen LogP contribution in [0.2, 0.25) is 0 Å². The Bertz CT molecular complexity index is 441. The largest absolute Gasteiger partial charge is 0.463 e. The predicted molar refractivity (Wildman–Crippen MR) is 72.1 cm³/mol. The van der Waals surface area contributed by atoms with Crippen molar-refractivity contribution in [2.24, 2.45) is 0 Å². The first-order chi connectivity index (χ1) is 9.55. The number of esters is 1. The van der Waals surface area contributed by atoms with Crippen LogP contribution in [0.5, 0.6) is 0 Å². The van der Waals surface area contributed by atoms with Gasteiger partial charge in [0.1, 0.15) is 11.6 Å². The summed E-state index contributed by atoms with van der Waals surface area (Å²) in [6, 6.07) is -1.49. The summed E-state index contributed by atoms with van der Waals surface area (Å²) in [6.45, 7) is 6.70. The molecule has 0 aliphatic heterocycles. The highest BCUT2D eigenvalue weighted by Crippen LogP contribution is 2.33. The molecule has 1 amide bonds. The number of carbonyl (C=O) groups is 2. The van der Waals surface area contributed by atoms with Crippen molar-refractivity contribution in [1.29, 1.82) is 0 Å². The number of alkyl halides is 2. The molecule has 0 aromatic heterocycles. The number of rotatable bonds is 3. The number of amides is 1. The number of alkyl carbamates (subject to hydrolysis) is 1. The lowest BCUT2D eigenvalue weighted by Gasteiger charge is -2.31. The van der Waals surface area contributed by atoms with E-state index in [2.05, 4.69) is 5.32 Å². The van der Waals surface area contributed by atoms with E-state index in [0.717, 1.165) is 6.08 Å². The third-order valence-corrected chi connectivity index (χ3v) is 2.78. The van der Waals surface area contributed by atoms with Gasteiger partial charge in [-0.05, 0) is 27.7 Å². The topological polar surface area (TPSA) is 64.6 Å². The Morgan fingerprint density at radius 1 is 1.43 bits per heavy atom. The Balaban J connectivity index is 2.74. The Labute approximate surface area is 122 Å². The lowest BCUT2D eigenvalue weighted by atomic mass is 9.91. The molecule has 1 aliphatic rings. The van der Waals surface area contributed by atoms with E-state index >= 15 is 0 Å². The predicted octanol–water partition coefficient (Wildman–Crippen LogP) is 2.80. The van der Waals surface area contributed by atoms with Crippen molar-refractivity contribution in [3.63, 3.8) is 0 Å². The SMILES string of the molecule is CCOC(=O)C1=CCC(F)(F)[C@@H](NC(=O)OC(C)(C)C)C1. The van der Waals surface area contributed by atoms with Gasteiger partial charge < -0.3 is 14.8 Å². The highest BCUT2D eigenvalue weighted by Gasteiger charge is 2.44. The summed E-state index contributed by atoms with van der Waals surface area (Å²) in [5, 5.41) is 2.13. The molecule has 21 heavy (non-hydrogen) atoms. The highest BCUT2D eigenvalue weighted by molar-refractivity contribution is 5.89. The molecule has 120 valence electrons. The van der Waals surface area contributed by atoms with Crippen LogP contribution in [0.1, 0.15) is 40.5 Å². The minimum atomic E-state index is -3.13. The second kappa shape index (κ2) is 6.41. The first kappa shape index (κ1) is 17.4. The van der Waals surface area contributed by atoms with E-state index in [9.17, 15) is 18.4 Å². The fraction of sp³-hybridized carbons (Fsp3) is 0.714. The van der Waals surface area contributed by atoms with Gasteiger partial charge in [-0.2, -0.15) is 0 Å². The van der Waals surface area contributed by atoms with Crippen molar-refractivity contribution in [2.45, 2.75) is 58.1 Å². The zero-order valence-corrected chi connectivity index (χ0v) is 12.7. The van der Waals surface area contributed by atoms with Crippen LogP contribution in [-0.4, -0.2) is 36.2 Å². The van der Waals surface area contributed by atoms with E-state index in [1.54, 1.807) is 27.7 Å². The van der Waals surface area contributed by atoms with Gasteiger partial charge in [-0.25, -0.2) is 18.4 Å². The fourth-order valence-corrected chi connectivity index (χ4v) is 1.85. The van der Waals surface area contributed by atoms with Crippen LogP contribution in [0.3, 0.4) is 0 Å². The molecule has 0 saturated carbocycles. The van der Waals surface area contributed by atoms with Gasteiger partial charge in [0.25, 0.3) is 5.92 Å². The molecule has 5 nitrogen and oxygen atoms in total. The molecular formula is C14H21F2NO4. The van der Waals surface area contributed by atoms with Crippen LogP contribution in [0, 0.1) is 0 Å². The van der Waals surface area contributed by atoms with Crippen LogP contribution >= 0.6 is 0 Å². The standard InChI is InChI=1S/C14H21F2NO4/c1-5-20-11(18)9-6-7-14(15,16)10(8-9)17-12(19)21-13(2,3)4/h6,10H,5,7-8H2,1-4H3,(H,17,19)/t10-/m0/s1. The maximum Gasteiger partial charge on any atom is 0.408 e. The molecule has 0 aromatic rings. The molecule has 1 atom stereocenters. The zero-order valence-electron chi connectivity index (χ0n) is 12.7. The van der Waals surface area contributed by atoms with E-state index in [1.807, 2.05) is 0 Å². The van der Waals surface area contributed by atoms with Crippen LogP contribution < -0.4 is 5.32 Å². The van der Waals surface area contributed by atoms with E-state index in [4.69, 9.17) is 9.47 Å². The number of hydrogen-bond acceptors (Lipinski definition) is 4. The average molecular weight is 305 g/mol. The van der Waals surface area contributed by atoms with Crippen LogP contribution in [0.4, 0.5) is 13.6 Å². The highest BCUT2D eigenvalue weighted by atomic mass is 19.3. The van der Waals surface area contributed by atoms with Crippen molar-refractivity contribution in [3.8, 4) is 0 Å². The molecular weight excluding hydrogens is 284 g/mol. The first-order valence-corrected chi connectivity index (χ1v) is 6.78. The number of halogens is 2. The van der Waals surface area contributed by atoms with Gasteiger partial charge in [0.2, 0.25) is 0 Å². The molecule has 0 aromatic carbocycles. The summed E-state index contributed by atoms with van der Waals surface area (Å²) in [6.07, 6.45) is -0.685. The Morgan fingerprint density at radius 2 is 2.05 bits per heavy atom. The van der Waals surface area contributed by atoms with Gasteiger partial charge in [0, 0.05) is 18.4 Å². The monoisotopic (exact) mass is 305 g/mol. The Hall–Kier alpha value is -1.66. The third-order valence-electron chi connectivity index (χ3n) is 2.78. The summed E-state index contributed by atoms with van der Waals surface area (Å²) in [7, 11) is 0. The van der Waals surface area contributed by atoms with Gasteiger partial charge in [0.05, 0.1) is 6.61 Å². The van der Waals surface area contributed by atoms with Crippen molar-refractivity contribution >= 4 is 12.1 Å². The molecule has 0 unspecified atom stereocenters. The lowest BCUT2D eigenvalue weighted by molar-refractivity contribution is -0.139. The van der Waals surface area contributed by atoms with Crippen LogP contribution in [0.15, 0.2) is 11.6 Å². The Kier molecular flexibility index (Phi) is 5.31. The number of allylic oxidation sites excluding steroid dienone is 1. The minimum absolute atomic E-state index is 0.142. The molecule has 0 saturated heterocycles. The van der Waals surface area contributed by atoms with Crippen molar-refractivity contribution in [2.75, 3.05) is 6.61 Å². The van der Waals surface area contributed by atoms with E-state index in [0.29, 0.717) is 0 Å². The Morgan fingerprint density at radius 3 is 2.57 bits per heavy atom. The summed E-state index contributed by atoms with van der Waals surface area (Å²) in [5.41, 5.74) is -0.641.